The number of aromatic nitrogens is 2. The van der Waals surface area contributed by atoms with Crippen molar-refractivity contribution in [1.82, 2.24) is 9.97 Å². The number of hydrogen-bond donors (Lipinski definition) is 2. The minimum atomic E-state index is 0.982. The lowest BCUT2D eigenvalue weighted by molar-refractivity contribution is 0.827. The monoisotopic (exact) mass is 366 g/mol. The first-order chi connectivity index (χ1) is 13.9. The normalized spacial score (nSPS) is 19.4. The fraction of sp³-hybridized carbons (Fsp3) is 0.250. The summed E-state index contributed by atoms with van der Waals surface area (Å²) in [5, 5.41) is 12.2. The van der Waals surface area contributed by atoms with E-state index in [1.165, 1.54) is 44.3 Å². The van der Waals surface area contributed by atoms with Gasteiger partial charge in [-0.3, -0.25) is 0 Å². The summed E-state index contributed by atoms with van der Waals surface area (Å²) < 4.78 is 0. The molecule has 28 heavy (non-hydrogen) atoms. The van der Waals surface area contributed by atoms with Gasteiger partial charge in [-0.05, 0) is 61.8 Å². The highest BCUT2D eigenvalue weighted by atomic mass is 15.2. The first-order valence-corrected chi connectivity index (χ1v) is 10.2. The van der Waals surface area contributed by atoms with Gasteiger partial charge in [0.1, 0.15) is 0 Å². The first-order valence-electron chi connectivity index (χ1n) is 10.2. The fourth-order valence-corrected chi connectivity index (χ4v) is 4.85. The Morgan fingerprint density at radius 1 is 0.571 bits per heavy atom. The number of aryl methyl sites for hydroxylation is 2. The van der Waals surface area contributed by atoms with E-state index in [0.29, 0.717) is 0 Å². The van der Waals surface area contributed by atoms with Gasteiger partial charge in [-0.2, -0.15) is 10.2 Å². The van der Waals surface area contributed by atoms with E-state index in [4.69, 9.17) is 10.2 Å². The Labute approximate surface area is 163 Å². The highest BCUT2D eigenvalue weighted by Gasteiger charge is 2.22. The molecule has 4 heteroatoms. The Kier molecular flexibility index (Phi) is 3.51. The molecule has 6 rings (SSSR count). The summed E-state index contributed by atoms with van der Waals surface area (Å²) in [5.41, 5.74) is 9.75. The average Bonchev–Trinajstić information content (AvgIpc) is 3.31. The topological polar surface area (TPSA) is 56.3 Å². The minimum Gasteiger partial charge on any atom is -0.353 e. The van der Waals surface area contributed by atoms with Gasteiger partial charge in [0, 0.05) is 21.8 Å². The Hall–Kier alpha value is -3.14. The Bertz CT molecular complexity index is 1170. The molecule has 2 heterocycles. The second kappa shape index (κ2) is 6.20. The molecule has 0 radical (unpaired) electrons. The van der Waals surface area contributed by atoms with E-state index in [1.54, 1.807) is 0 Å². The van der Waals surface area contributed by atoms with E-state index < -0.39 is 0 Å². The van der Waals surface area contributed by atoms with E-state index in [2.05, 4.69) is 58.5 Å². The molecule has 138 valence electrons. The van der Waals surface area contributed by atoms with Gasteiger partial charge >= 0.3 is 0 Å². The number of H-pyrrole nitrogens is 2. The van der Waals surface area contributed by atoms with Gasteiger partial charge in [0.2, 0.25) is 0 Å². The maximum atomic E-state index is 4.77. The summed E-state index contributed by atoms with van der Waals surface area (Å²) in [6, 6.07) is 17.1. The van der Waals surface area contributed by atoms with E-state index >= 15 is 0 Å². The van der Waals surface area contributed by atoms with Crippen molar-refractivity contribution in [2.45, 2.75) is 38.5 Å². The summed E-state index contributed by atoms with van der Waals surface area (Å²) in [4.78, 5) is 7.17. The van der Waals surface area contributed by atoms with Gasteiger partial charge in [-0.1, -0.05) is 36.4 Å². The molecule has 2 aromatic heterocycles. The summed E-state index contributed by atoms with van der Waals surface area (Å²) in [6.07, 6.45) is 6.46. The molecule has 0 unspecified atom stereocenters. The van der Waals surface area contributed by atoms with E-state index in [9.17, 15) is 0 Å². The Morgan fingerprint density at radius 2 is 1.04 bits per heavy atom. The van der Waals surface area contributed by atoms with E-state index in [-0.39, 0.29) is 0 Å². The number of para-hydroxylation sites is 2. The van der Waals surface area contributed by atoms with Crippen molar-refractivity contribution in [2.75, 3.05) is 0 Å². The zero-order chi connectivity index (χ0) is 18.5. The van der Waals surface area contributed by atoms with Crippen molar-refractivity contribution in [2.24, 2.45) is 10.2 Å². The van der Waals surface area contributed by atoms with E-state index in [1.807, 2.05) is 0 Å². The number of hydrogen-bond acceptors (Lipinski definition) is 2. The van der Waals surface area contributed by atoms with Crippen LogP contribution in [0.4, 0.5) is 0 Å². The van der Waals surface area contributed by atoms with Crippen molar-refractivity contribution >= 4 is 33.2 Å². The van der Waals surface area contributed by atoms with Crippen LogP contribution in [0.2, 0.25) is 0 Å². The lowest BCUT2D eigenvalue weighted by Crippen LogP contribution is -2.13. The fourth-order valence-electron chi connectivity index (χ4n) is 4.85. The Morgan fingerprint density at radius 3 is 1.54 bits per heavy atom. The Balaban J connectivity index is 1.45. The highest BCUT2D eigenvalue weighted by Crippen LogP contribution is 2.31. The van der Waals surface area contributed by atoms with Crippen LogP contribution in [0.1, 0.15) is 48.2 Å². The van der Waals surface area contributed by atoms with Crippen LogP contribution in [-0.2, 0) is 12.8 Å². The smallest absolute Gasteiger partial charge is 0.0868 e. The lowest BCUT2D eigenvalue weighted by Gasteiger charge is -2.15. The van der Waals surface area contributed by atoms with Crippen LogP contribution in [0.3, 0.4) is 0 Å². The second-order valence-electron chi connectivity index (χ2n) is 7.85. The van der Waals surface area contributed by atoms with Gasteiger partial charge in [-0.15, -0.1) is 0 Å². The number of nitrogens with one attached hydrogen (secondary N) is 2. The summed E-state index contributed by atoms with van der Waals surface area (Å²) in [7, 11) is 0. The van der Waals surface area contributed by atoms with Gasteiger partial charge in [0.05, 0.1) is 22.8 Å². The third-order valence-corrected chi connectivity index (χ3v) is 6.18. The SMILES string of the molecule is c1ccc2c3c([nH]c2c1)/C(=N/N=C1\CCCc2c1[nH]c1ccccc21)CCC3. The zero-order valence-corrected chi connectivity index (χ0v) is 15.8. The van der Waals surface area contributed by atoms with E-state index in [0.717, 1.165) is 49.9 Å². The maximum absolute atomic E-state index is 4.77. The van der Waals surface area contributed by atoms with Crippen LogP contribution in [0.25, 0.3) is 21.8 Å². The largest absolute Gasteiger partial charge is 0.353 e. The highest BCUT2D eigenvalue weighted by molar-refractivity contribution is 6.09. The second-order valence-corrected chi connectivity index (χ2v) is 7.85. The van der Waals surface area contributed by atoms with Gasteiger partial charge in [-0.25, -0.2) is 0 Å². The summed E-state index contributed by atoms with van der Waals surface area (Å²) in [5.74, 6) is 0. The molecule has 0 fully saturated rings. The molecular formula is C24H22N4. The molecule has 2 aliphatic carbocycles. The van der Waals surface area contributed by atoms with Crippen LogP contribution in [0, 0.1) is 0 Å². The van der Waals surface area contributed by atoms with Gasteiger partial charge in [0.25, 0.3) is 0 Å². The standard InChI is InChI=1S/C24H22N4/c1-3-11-19-15(7-1)17-9-5-13-21(23(17)25-19)27-28-22-14-6-10-18-16-8-2-4-12-20(16)26-24(18)22/h1-4,7-8,11-12,25-26H,5-6,9-10,13-14H2/b27-21+,28-22+. The summed E-state index contributed by atoms with van der Waals surface area (Å²) >= 11 is 0. The van der Waals surface area contributed by atoms with Crippen molar-refractivity contribution in [3.8, 4) is 0 Å². The van der Waals surface area contributed by atoms with Crippen LogP contribution in [-0.4, -0.2) is 21.4 Å². The molecule has 0 atom stereocenters. The number of aromatic amines is 2. The van der Waals surface area contributed by atoms with Crippen molar-refractivity contribution < 1.29 is 0 Å². The predicted molar refractivity (Wildman–Crippen MR) is 116 cm³/mol. The first kappa shape index (κ1) is 15.9. The third kappa shape index (κ3) is 2.37. The number of fused-ring (bicyclic) bond motifs is 6. The molecule has 0 aliphatic heterocycles. The molecule has 0 spiro atoms. The van der Waals surface area contributed by atoms with Crippen LogP contribution < -0.4 is 0 Å². The molecule has 0 saturated heterocycles. The molecule has 2 aromatic carbocycles. The number of rotatable bonds is 1. The lowest BCUT2D eigenvalue weighted by atomic mass is 9.94. The average molecular weight is 366 g/mol. The van der Waals surface area contributed by atoms with Gasteiger partial charge in [0.15, 0.2) is 0 Å². The van der Waals surface area contributed by atoms with Gasteiger partial charge < -0.3 is 9.97 Å². The van der Waals surface area contributed by atoms with Crippen molar-refractivity contribution in [1.29, 1.82) is 0 Å². The zero-order valence-electron chi connectivity index (χ0n) is 15.8. The third-order valence-electron chi connectivity index (χ3n) is 6.18. The molecule has 0 saturated carbocycles. The molecule has 2 N–H and O–H groups in total. The molecule has 4 aromatic rings. The molecule has 4 nitrogen and oxygen atoms in total. The molecule has 0 bridgehead atoms. The molecule has 2 aliphatic rings. The summed E-state index contributed by atoms with van der Waals surface area (Å²) in [6.45, 7) is 0. The van der Waals surface area contributed by atoms with Crippen molar-refractivity contribution in [3.63, 3.8) is 0 Å². The number of benzene rings is 2. The van der Waals surface area contributed by atoms with Crippen molar-refractivity contribution in [3.05, 3.63) is 71.0 Å². The molecule has 0 amide bonds. The van der Waals surface area contributed by atoms with Crippen LogP contribution in [0.5, 0.6) is 0 Å². The quantitative estimate of drug-likeness (QED) is 0.417. The number of nitrogens with zero attached hydrogens (tertiary/aromatic N) is 2. The minimum absolute atomic E-state index is 0.982. The van der Waals surface area contributed by atoms with Crippen LogP contribution in [0.15, 0.2) is 58.7 Å². The van der Waals surface area contributed by atoms with Crippen LogP contribution >= 0.6 is 0 Å². The molecular weight excluding hydrogens is 344 g/mol. The predicted octanol–water partition coefficient (Wildman–Crippen LogP) is 5.52. The maximum Gasteiger partial charge on any atom is 0.0868 e.